The molecular weight excluding hydrogens is 412 g/mol. The van der Waals surface area contributed by atoms with Gasteiger partial charge in [0.2, 0.25) is 11.8 Å². The predicted molar refractivity (Wildman–Crippen MR) is 132 cm³/mol. The van der Waals surface area contributed by atoms with E-state index < -0.39 is 0 Å². The minimum atomic E-state index is -0.124. The molecule has 2 unspecified atom stereocenters. The van der Waals surface area contributed by atoms with Gasteiger partial charge in [-0.2, -0.15) is 5.10 Å². The summed E-state index contributed by atoms with van der Waals surface area (Å²) in [6, 6.07) is 2.13. The standard InChI is InChI=1S/C26H42N6O/c1-17(2)21-11-12-32(30-21)26(9,10)13-19(5)22-15-31(16-27-22)25(7,8)14-20(6)24-29-28-23(33-24)18(3)4/h11-12,15-20H,13-14H2,1-10H3. The zero-order valence-electron chi connectivity index (χ0n) is 22.1. The Morgan fingerprint density at radius 2 is 1.45 bits per heavy atom. The molecule has 0 radical (unpaired) electrons. The SMILES string of the molecule is CC(C)c1ccn(C(C)(C)CC(C)c2cn(C(C)(C)CC(C)c3nnc(C(C)C)o3)cn2)n1. The highest BCUT2D eigenvalue weighted by Gasteiger charge is 2.30. The number of hydrogen-bond acceptors (Lipinski definition) is 5. The van der Waals surface area contributed by atoms with Crippen LogP contribution in [0.5, 0.6) is 0 Å². The van der Waals surface area contributed by atoms with Crippen molar-refractivity contribution in [3.8, 4) is 0 Å². The number of hydrogen-bond donors (Lipinski definition) is 0. The van der Waals surface area contributed by atoms with E-state index in [1.54, 1.807) is 0 Å². The fraction of sp³-hybridized carbons (Fsp3) is 0.692. The van der Waals surface area contributed by atoms with Crippen LogP contribution < -0.4 is 0 Å². The molecule has 0 amide bonds. The van der Waals surface area contributed by atoms with E-state index in [2.05, 4.69) is 107 Å². The Kier molecular flexibility index (Phi) is 7.20. The summed E-state index contributed by atoms with van der Waals surface area (Å²) in [6.07, 6.45) is 8.11. The van der Waals surface area contributed by atoms with E-state index >= 15 is 0 Å². The number of imidazole rings is 1. The molecule has 33 heavy (non-hydrogen) atoms. The third-order valence-electron chi connectivity index (χ3n) is 6.61. The van der Waals surface area contributed by atoms with Gasteiger partial charge in [0.05, 0.1) is 23.3 Å². The number of nitrogens with zero attached hydrogens (tertiary/aromatic N) is 6. The molecular formula is C26H42N6O. The van der Waals surface area contributed by atoms with Gasteiger partial charge >= 0.3 is 0 Å². The first kappa shape index (κ1) is 25.2. The molecule has 0 bridgehead atoms. The van der Waals surface area contributed by atoms with E-state index in [0.29, 0.717) is 23.6 Å². The fourth-order valence-electron chi connectivity index (χ4n) is 4.48. The minimum Gasteiger partial charge on any atom is -0.425 e. The lowest BCUT2D eigenvalue weighted by Crippen LogP contribution is -2.29. The molecule has 3 heterocycles. The summed E-state index contributed by atoms with van der Waals surface area (Å²) in [5.74, 6) is 2.56. The molecule has 0 spiro atoms. The quantitative estimate of drug-likeness (QED) is 0.346. The lowest BCUT2D eigenvalue weighted by Gasteiger charge is -2.29. The van der Waals surface area contributed by atoms with Crippen LogP contribution in [0.15, 0.2) is 29.2 Å². The molecule has 3 rings (SSSR count). The van der Waals surface area contributed by atoms with Crippen LogP contribution in [0.3, 0.4) is 0 Å². The van der Waals surface area contributed by atoms with Gasteiger partial charge in [-0.15, -0.1) is 10.2 Å². The first-order valence-electron chi connectivity index (χ1n) is 12.2. The van der Waals surface area contributed by atoms with Crippen LogP contribution in [0.2, 0.25) is 0 Å². The van der Waals surface area contributed by atoms with Gasteiger partial charge in [-0.3, -0.25) is 4.68 Å². The predicted octanol–water partition coefficient (Wildman–Crippen LogP) is 6.57. The summed E-state index contributed by atoms with van der Waals surface area (Å²) in [7, 11) is 0. The van der Waals surface area contributed by atoms with E-state index in [1.165, 1.54) is 0 Å². The summed E-state index contributed by atoms with van der Waals surface area (Å²) >= 11 is 0. The molecule has 0 fully saturated rings. The zero-order valence-corrected chi connectivity index (χ0v) is 22.1. The zero-order chi connectivity index (χ0) is 24.6. The van der Waals surface area contributed by atoms with Crippen molar-refractivity contribution in [3.63, 3.8) is 0 Å². The van der Waals surface area contributed by atoms with Gasteiger partial charge in [0.25, 0.3) is 0 Å². The highest BCUT2D eigenvalue weighted by atomic mass is 16.4. The molecule has 0 saturated heterocycles. The maximum atomic E-state index is 5.89. The summed E-state index contributed by atoms with van der Waals surface area (Å²) in [5.41, 5.74) is 2.03. The maximum absolute atomic E-state index is 5.89. The van der Waals surface area contributed by atoms with Crippen LogP contribution in [0.25, 0.3) is 0 Å². The van der Waals surface area contributed by atoms with Crippen molar-refractivity contribution in [1.82, 2.24) is 29.5 Å². The van der Waals surface area contributed by atoms with Gasteiger partial charge in [0, 0.05) is 35.7 Å². The number of aromatic nitrogens is 6. The van der Waals surface area contributed by atoms with Crippen molar-refractivity contribution in [3.05, 3.63) is 48.0 Å². The second kappa shape index (κ2) is 9.43. The highest BCUT2D eigenvalue weighted by molar-refractivity contribution is 5.10. The van der Waals surface area contributed by atoms with Crippen molar-refractivity contribution in [2.24, 2.45) is 0 Å². The summed E-state index contributed by atoms with van der Waals surface area (Å²) in [6.45, 7) is 21.9. The van der Waals surface area contributed by atoms with Crippen LogP contribution >= 0.6 is 0 Å². The largest absolute Gasteiger partial charge is 0.425 e. The normalized spacial score (nSPS) is 14.9. The molecule has 2 atom stereocenters. The van der Waals surface area contributed by atoms with E-state index in [9.17, 15) is 0 Å². The molecule has 0 aromatic carbocycles. The van der Waals surface area contributed by atoms with E-state index in [0.717, 1.165) is 24.2 Å². The molecule has 0 saturated carbocycles. The van der Waals surface area contributed by atoms with Gasteiger partial charge in [-0.25, -0.2) is 4.98 Å². The average molecular weight is 455 g/mol. The van der Waals surface area contributed by atoms with E-state index in [4.69, 9.17) is 14.5 Å². The summed E-state index contributed by atoms with van der Waals surface area (Å²) in [4.78, 5) is 4.78. The summed E-state index contributed by atoms with van der Waals surface area (Å²) < 4.78 is 10.2. The Labute approximate surface area is 199 Å². The van der Waals surface area contributed by atoms with E-state index in [-0.39, 0.29) is 22.9 Å². The third kappa shape index (κ3) is 5.74. The summed E-state index contributed by atoms with van der Waals surface area (Å²) in [5, 5.41) is 13.3. The first-order chi connectivity index (χ1) is 15.3. The molecule has 0 aliphatic carbocycles. The van der Waals surface area contributed by atoms with Crippen molar-refractivity contribution in [2.45, 2.75) is 117 Å². The molecule has 7 nitrogen and oxygen atoms in total. The second-order valence-electron chi connectivity index (χ2n) is 11.5. The minimum absolute atomic E-state index is 0.0908. The lowest BCUT2D eigenvalue weighted by molar-refractivity contribution is 0.272. The Hall–Kier alpha value is -2.44. The second-order valence-corrected chi connectivity index (χ2v) is 11.5. The van der Waals surface area contributed by atoms with Crippen LogP contribution in [-0.2, 0) is 11.1 Å². The molecule has 0 aliphatic heterocycles. The first-order valence-corrected chi connectivity index (χ1v) is 12.2. The van der Waals surface area contributed by atoms with Gasteiger partial charge in [0.15, 0.2) is 0 Å². The van der Waals surface area contributed by atoms with Crippen LogP contribution in [-0.4, -0.2) is 29.5 Å². The smallest absolute Gasteiger partial charge is 0.219 e. The maximum Gasteiger partial charge on any atom is 0.219 e. The molecule has 0 N–H and O–H groups in total. The van der Waals surface area contributed by atoms with Gasteiger partial charge in [-0.05, 0) is 52.5 Å². The average Bonchev–Trinajstić information content (AvgIpc) is 3.47. The monoisotopic (exact) mass is 454 g/mol. The molecule has 182 valence electrons. The van der Waals surface area contributed by atoms with Crippen LogP contribution in [0.1, 0.15) is 129 Å². The van der Waals surface area contributed by atoms with Gasteiger partial charge in [-0.1, -0.05) is 41.5 Å². The van der Waals surface area contributed by atoms with Gasteiger partial charge < -0.3 is 8.98 Å². The van der Waals surface area contributed by atoms with Crippen molar-refractivity contribution in [2.75, 3.05) is 0 Å². The molecule has 3 aromatic heterocycles. The number of rotatable bonds is 10. The van der Waals surface area contributed by atoms with Crippen LogP contribution in [0, 0.1) is 0 Å². The highest BCUT2D eigenvalue weighted by Crippen LogP contribution is 2.34. The Bertz CT molecular complexity index is 1040. The third-order valence-corrected chi connectivity index (χ3v) is 6.61. The van der Waals surface area contributed by atoms with Crippen molar-refractivity contribution >= 4 is 0 Å². The van der Waals surface area contributed by atoms with E-state index in [1.807, 2.05) is 6.33 Å². The lowest BCUT2D eigenvalue weighted by atomic mass is 9.89. The Morgan fingerprint density at radius 1 is 0.818 bits per heavy atom. The van der Waals surface area contributed by atoms with Crippen molar-refractivity contribution < 1.29 is 4.42 Å². The van der Waals surface area contributed by atoms with Crippen LogP contribution in [0.4, 0.5) is 0 Å². The van der Waals surface area contributed by atoms with Crippen molar-refractivity contribution in [1.29, 1.82) is 0 Å². The fourth-order valence-corrected chi connectivity index (χ4v) is 4.48. The molecule has 3 aromatic rings. The van der Waals surface area contributed by atoms with Gasteiger partial charge in [0.1, 0.15) is 0 Å². The topological polar surface area (TPSA) is 74.6 Å². The Morgan fingerprint density at radius 3 is 2.03 bits per heavy atom. The molecule has 7 heteroatoms. The molecule has 0 aliphatic rings. The Balaban J connectivity index is 1.68.